The Kier molecular flexibility index (Phi) is 3.36. The summed E-state index contributed by atoms with van der Waals surface area (Å²) in [5.74, 6) is 0.634. The summed E-state index contributed by atoms with van der Waals surface area (Å²) in [4.78, 5) is 0. The molecule has 1 aliphatic rings. The van der Waals surface area contributed by atoms with Crippen LogP contribution in [0, 0.1) is 0 Å². The number of halogens is 2. The zero-order valence-electron chi connectivity index (χ0n) is 8.22. The molecule has 1 aromatic carbocycles. The highest BCUT2D eigenvalue weighted by Crippen LogP contribution is 2.37. The van der Waals surface area contributed by atoms with Crippen LogP contribution in [0.15, 0.2) is 12.1 Å². The first kappa shape index (κ1) is 11.0. The van der Waals surface area contributed by atoms with Crippen LogP contribution in [-0.2, 0) is 4.74 Å². The molecule has 0 spiro atoms. The lowest BCUT2D eigenvalue weighted by atomic mass is 10.1. The second kappa shape index (κ2) is 4.58. The molecule has 0 amide bonds. The van der Waals surface area contributed by atoms with Crippen molar-refractivity contribution < 1.29 is 9.47 Å². The van der Waals surface area contributed by atoms with Gasteiger partial charge in [-0.2, -0.15) is 0 Å². The number of ether oxygens (including phenoxy) is 2. The Bertz CT molecular complexity index is 365. The molecule has 2 rings (SSSR count). The predicted molar refractivity (Wildman–Crippen MR) is 59.7 cm³/mol. The lowest BCUT2D eigenvalue weighted by molar-refractivity contribution is 0.112. The quantitative estimate of drug-likeness (QED) is 0.872. The lowest BCUT2D eigenvalue weighted by Crippen LogP contribution is -2.09. The first-order valence-corrected chi connectivity index (χ1v) is 5.33. The van der Waals surface area contributed by atoms with E-state index in [4.69, 9.17) is 32.7 Å². The number of rotatable bonds is 2. The van der Waals surface area contributed by atoms with Crippen LogP contribution in [-0.4, -0.2) is 20.4 Å². The van der Waals surface area contributed by atoms with Crippen LogP contribution >= 0.6 is 23.2 Å². The average Bonchev–Trinajstić information content (AvgIpc) is 2.69. The van der Waals surface area contributed by atoms with Gasteiger partial charge < -0.3 is 9.47 Å². The Morgan fingerprint density at radius 1 is 1.47 bits per heavy atom. The molecule has 1 atom stereocenters. The molecule has 1 aliphatic heterocycles. The number of methoxy groups -OCH3 is 1. The van der Waals surface area contributed by atoms with E-state index in [0.717, 1.165) is 12.1 Å². The molecule has 1 heterocycles. The van der Waals surface area contributed by atoms with Crippen LogP contribution < -0.4 is 10.1 Å². The zero-order chi connectivity index (χ0) is 10.8. The van der Waals surface area contributed by atoms with E-state index in [0.29, 0.717) is 22.5 Å². The van der Waals surface area contributed by atoms with Crippen molar-refractivity contribution in [2.45, 2.75) is 6.10 Å². The summed E-state index contributed by atoms with van der Waals surface area (Å²) in [6.45, 7) is 1.28. The minimum absolute atomic E-state index is 0.0452. The van der Waals surface area contributed by atoms with E-state index in [-0.39, 0.29) is 6.10 Å². The number of nitrogens with one attached hydrogen (secondary N) is 1. The molecule has 0 radical (unpaired) electrons. The highest BCUT2D eigenvalue weighted by molar-refractivity contribution is 6.35. The molecule has 1 aromatic rings. The molecular formula is C10H11Cl2NO2. The first-order chi connectivity index (χ1) is 7.22. The highest BCUT2D eigenvalue weighted by atomic mass is 35.5. The standard InChI is InChI=1S/C10H11Cl2NO2/c1-14-10-7(9-4-13-5-15-9)2-6(11)3-8(10)12/h2-3,9,13H,4-5H2,1H3. The lowest BCUT2D eigenvalue weighted by Gasteiger charge is -2.15. The molecule has 1 saturated heterocycles. The van der Waals surface area contributed by atoms with Crippen molar-refractivity contribution in [2.24, 2.45) is 0 Å². The van der Waals surface area contributed by atoms with Crippen LogP contribution in [0.1, 0.15) is 11.7 Å². The number of hydrogen-bond donors (Lipinski definition) is 1. The van der Waals surface area contributed by atoms with Crippen LogP contribution in [0.4, 0.5) is 0 Å². The second-order valence-corrected chi connectivity index (χ2v) is 4.11. The molecule has 1 unspecified atom stereocenters. The molecule has 3 nitrogen and oxygen atoms in total. The van der Waals surface area contributed by atoms with Crippen molar-refractivity contribution >= 4 is 23.2 Å². The fourth-order valence-corrected chi connectivity index (χ4v) is 2.23. The van der Waals surface area contributed by atoms with Crippen molar-refractivity contribution in [1.82, 2.24) is 5.32 Å². The van der Waals surface area contributed by atoms with Crippen LogP contribution in [0.3, 0.4) is 0 Å². The van der Waals surface area contributed by atoms with Crippen molar-refractivity contribution in [3.8, 4) is 5.75 Å². The van der Waals surface area contributed by atoms with E-state index in [1.165, 1.54) is 0 Å². The van der Waals surface area contributed by atoms with Gasteiger partial charge in [-0.15, -0.1) is 0 Å². The maximum absolute atomic E-state index is 6.03. The highest BCUT2D eigenvalue weighted by Gasteiger charge is 2.23. The van der Waals surface area contributed by atoms with Gasteiger partial charge in [0.1, 0.15) is 11.9 Å². The van der Waals surface area contributed by atoms with Crippen molar-refractivity contribution in [3.63, 3.8) is 0 Å². The Labute approximate surface area is 98.3 Å². The van der Waals surface area contributed by atoms with Gasteiger partial charge in [-0.05, 0) is 12.1 Å². The van der Waals surface area contributed by atoms with Gasteiger partial charge in [0.05, 0.1) is 18.9 Å². The summed E-state index contributed by atoms with van der Waals surface area (Å²) in [7, 11) is 1.58. The minimum atomic E-state index is -0.0452. The summed E-state index contributed by atoms with van der Waals surface area (Å²) in [5.41, 5.74) is 0.889. The molecule has 0 aromatic heterocycles. The minimum Gasteiger partial charge on any atom is -0.495 e. The van der Waals surface area contributed by atoms with E-state index in [9.17, 15) is 0 Å². The maximum Gasteiger partial charge on any atom is 0.143 e. The Morgan fingerprint density at radius 3 is 2.87 bits per heavy atom. The van der Waals surface area contributed by atoms with Crippen molar-refractivity contribution in [1.29, 1.82) is 0 Å². The molecule has 1 fully saturated rings. The third kappa shape index (κ3) is 2.21. The van der Waals surface area contributed by atoms with Gasteiger partial charge in [0, 0.05) is 17.1 Å². The monoisotopic (exact) mass is 247 g/mol. The number of benzene rings is 1. The van der Waals surface area contributed by atoms with E-state index < -0.39 is 0 Å². The predicted octanol–water partition coefficient (Wildman–Crippen LogP) is 2.62. The summed E-state index contributed by atoms with van der Waals surface area (Å²) >= 11 is 12.0. The molecule has 5 heteroatoms. The fraction of sp³-hybridized carbons (Fsp3) is 0.400. The SMILES string of the molecule is COc1c(Cl)cc(Cl)cc1C1CNCO1. The van der Waals surface area contributed by atoms with Gasteiger partial charge in [0.15, 0.2) is 0 Å². The van der Waals surface area contributed by atoms with Gasteiger partial charge >= 0.3 is 0 Å². The Balaban J connectivity index is 2.42. The summed E-state index contributed by atoms with van der Waals surface area (Å²) in [6.07, 6.45) is -0.0452. The largest absolute Gasteiger partial charge is 0.495 e. The maximum atomic E-state index is 6.03. The van der Waals surface area contributed by atoms with E-state index in [2.05, 4.69) is 5.32 Å². The summed E-state index contributed by atoms with van der Waals surface area (Å²) < 4.78 is 10.7. The average molecular weight is 248 g/mol. The van der Waals surface area contributed by atoms with E-state index in [1.807, 2.05) is 6.07 Å². The Morgan fingerprint density at radius 2 is 2.27 bits per heavy atom. The van der Waals surface area contributed by atoms with E-state index in [1.54, 1.807) is 13.2 Å². The topological polar surface area (TPSA) is 30.5 Å². The molecule has 0 aliphatic carbocycles. The van der Waals surface area contributed by atoms with Crippen molar-refractivity contribution in [2.75, 3.05) is 20.4 Å². The summed E-state index contributed by atoms with van der Waals surface area (Å²) in [6, 6.07) is 3.48. The third-order valence-corrected chi connectivity index (χ3v) is 2.80. The molecule has 1 N–H and O–H groups in total. The Hall–Kier alpha value is -0.480. The third-order valence-electron chi connectivity index (χ3n) is 2.30. The number of hydrogen-bond acceptors (Lipinski definition) is 3. The van der Waals surface area contributed by atoms with E-state index >= 15 is 0 Å². The fourth-order valence-electron chi connectivity index (χ4n) is 1.64. The van der Waals surface area contributed by atoms with Crippen LogP contribution in [0.5, 0.6) is 5.75 Å². The molecule has 0 saturated carbocycles. The van der Waals surface area contributed by atoms with Crippen LogP contribution in [0.2, 0.25) is 10.0 Å². The molecule has 0 bridgehead atoms. The second-order valence-electron chi connectivity index (χ2n) is 3.26. The molecular weight excluding hydrogens is 237 g/mol. The smallest absolute Gasteiger partial charge is 0.143 e. The first-order valence-electron chi connectivity index (χ1n) is 4.57. The zero-order valence-corrected chi connectivity index (χ0v) is 9.73. The van der Waals surface area contributed by atoms with Gasteiger partial charge in [-0.3, -0.25) is 5.32 Å². The van der Waals surface area contributed by atoms with Gasteiger partial charge in [0.25, 0.3) is 0 Å². The van der Waals surface area contributed by atoms with Crippen LogP contribution in [0.25, 0.3) is 0 Å². The van der Waals surface area contributed by atoms with Gasteiger partial charge in [-0.1, -0.05) is 23.2 Å². The molecule has 15 heavy (non-hydrogen) atoms. The van der Waals surface area contributed by atoms with Gasteiger partial charge in [-0.25, -0.2) is 0 Å². The normalized spacial score (nSPS) is 20.6. The van der Waals surface area contributed by atoms with Gasteiger partial charge in [0.2, 0.25) is 0 Å². The molecule has 82 valence electrons. The summed E-state index contributed by atoms with van der Waals surface area (Å²) in [5, 5.41) is 4.20. The van der Waals surface area contributed by atoms with Crippen molar-refractivity contribution in [3.05, 3.63) is 27.7 Å².